The average molecular weight is 180 g/mol. The number of hydrogen-bond donors (Lipinski definition) is 0. The molecular weight excluding hydrogens is 160 g/mol. The Morgan fingerprint density at radius 2 is 1.92 bits per heavy atom. The second-order valence-corrected chi connectivity index (χ2v) is 3.42. The van der Waals surface area contributed by atoms with Crippen LogP contribution in [0, 0.1) is 0 Å². The van der Waals surface area contributed by atoms with Crippen LogP contribution in [0.4, 0.5) is 0 Å². The third kappa shape index (κ3) is 2.70. The van der Waals surface area contributed by atoms with Crippen LogP contribution in [0.3, 0.4) is 0 Å². The molecule has 74 valence electrons. The largest absolute Gasteiger partial charge is 0.377 e. The van der Waals surface area contributed by atoms with Crippen LogP contribution in [0.25, 0.3) is 0 Å². The Morgan fingerprint density at radius 1 is 1.15 bits per heavy atom. The summed E-state index contributed by atoms with van der Waals surface area (Å²) in [5.41, 5.74) is 4.63. The van der Waals surface area contributed by atoms with Crippen molar-refractivity contribution in [2.75, 3.05) is 13.2 Å². The van der Waals surface area contributed by atoms with Crippen molar-refractivity contribution in [2.45, 2.75) is 40.0 Å². The summed E-state index contributed by atoms with van der Waals surface area (Å²) in [7, 11) is 0. The fraction of sp³-hybridized carbons (Fsp3) is 0.667. The summed E-state index contributed by atoms with van der Waals surface area (Å²) < 4.78 is 5.39. The molecule has 0 radical (unpaired) electrons. The Morgan fingerprint density at radius 3 is 2.69 bits per heavy atom. The Balaban J connectivity index is 0.000000396. The van der Waals surface area contributed by atoms with Crippen molar-refractivity contribution in [3.05, 3.63) is 22.8 Å². The first-order valence-electron chi connectivity index (χ1n) is 5.32. The van der Waals surface area contributed by atoms with Crippen molar-refractivity contribution in [1.82, 2.24) is 0 Å². The molecule has 13 heavy (non-hydrogen) atoms. The number of hydrogen-bond acceptors (Lipinski definition) is 1. The molecule has 0 atom stereocenters. The van der Waals surface area contributed by atoms with Crippen LogP contribution in [-0.2, 0) is 4.74 Å². The van der Waals surface area contributed by atoms with Crippen LogP contribution in [0.15, 0.2) is 22.8 Å². The molecule has 1 nitrogen and oxygen atoms in total. The lowest BCUT2D eigenvalue weighted by molar-refractivity contribution is 0.144. The monoisotopic (exact) mass is 180 g/mol. The second-order valence-electron chi connectivity index (χ2n) is 3.42. The number of rotatable bonds is 0. The quantitative estimate of drug-likeness (QED) is 0.554. The number of allylic oxidation sites excluding steroid dienone is 2. The topological polar surface area (TPSA) is 9.23 Å². The van der Waals surface area contributed by atoms with E-state index in [2.05, 4.69) is 13.0 Å². The minimum atomic E-state index is 0.888. The Bertz CT molecular complexity index is 223. The van der Waals surface area contributed by atoms with Crippen LogP contribution >= 0.6 is 0 Å². The van der Waals surface area contributed by atoms with Gasteiger partial charge >= 0.3 is 0 Å². The number of ether oxygens (including phenoxy) is 1. The van der Waals surface area contributed by atoms with Crippen LogP contribution in [0.2, 0.25) is 0 Å². The summed E-state index contributed by atoms with van der Waals surface area (Å²) in [5.74, 6) is 0. The third-order valence-electron chi connectivity index (χ3n) is 2.49. The van der Waals surface area contributed by atoms with Gasteiger partial charge in [-0.25, -0.2) is 0 Å². The first-order chi connectivity index (χ1) is 6.36. The van der Waals surface area contributed by atoms with Gasteiger partial charge in [0.05, 0.1) is 13.2 Å². The van der Waals surface area contributed by atoms with Gasteiger partial charge in [-0.3, -0.25) is 0 Å². The molecule has 1 aliphatic heterocycles. The molecule has 0 spiro atoms. The molecule has 0 N–H and O–H groups in total. The standard InChI is InChI=1S/C10H14O.C2H6/c1-8-2-3-10-7-11-5-4-9(10)6-8;1-2/h6H,2-5,7H2,1H3;1-2H3. The summed E-state index contributed by atoms with van der Waals surface area (Å²) in [5, 5.41) is 0. The highest BCUT2D eigenvalue weighted by Gasteiger charge is 2.14. The van der Waals surface area contributed by atoms with E-state index >= 15 is 0 Å². The van der Waals surface area contributed by atoms with Gasteiger partial charge in [-0.15, -0.1) is 0 Å². The molecule has 0 unspecified atom stereocenters. The lowest BCUT2D eigenvalue weighted by atomic mass is 9.91. The minimum absolute atomic E-state index is 0.888. The fourth-order valence-corrected chi connectivity index (χ4v) is 1.77. The van der Waals surface area contributed by atoms with Gasteiger partial charge < -0.3 is 4.74 Å². The van der Waals surface area contributed by atoms with Crippen LogP contribution in [0.1, 0.15) is 40.0 Å². The highest BCUT2D eigenvalue weighted by atomic mass is 16.5. The molecule has 1 heteroatoms. The summed E-state index contributed by atoms with van der Waals surface area (Å²) in [6.45, 7) is 8.03. The molecular formula is C12H20O. The molecule has 0 aromatic heterocycles. The zero-order chi connectivity index (χ0) is 9.68. The summed E-state index contributed by atoms with van der Waals surface area (Å²) in [6, 6.07) is 0. The molecule has 0 amide bonds. The van der Waals surface area contributed by atoms with Crippen LogP contribution in [-0.4, -0.2) is 13.2 Å². The predicted octanol–water partition coefficient (Wildman–Crippen LogP) is 3.47. The SMILES string of the molecule is CC.CC1=CC2=C(CC1)COCC2. The van der Waals surface area contributed by atoms with E-state index in [9.17, 15) is 0 Å². The molecule has 0 saturated carbocycles. The Hall–Kier alpha value is -0.560. The first-order valence-corrected chi connectivity index (χ1v) is 5.32. The molecule has 1 aliphatic carbocycles. The van der Waals surface area contributed by atoms with Crippen LogP contribution < -0.4 is 0 Å². The maximum Gasteiger partial charge on any atom is 0.0682 e. The van der Waals surface area contributed by atoms with Gasteiger partial charge in [0.1, 0.15) is 0 Å². The normalized spacial score (nSPS) is 21.3. The summed E-state index contributed by atoms with van der Waals surface area (Å²) in [6.07, 6.45) is 5.95. The van der Waals surface area contributed by atoms with E-state index in [1.165, 1.54) is 18.4 Å². The van der Waals surface area contributed by atoms with E-state index < -0.39 is 0 Å². The second kappa shape index (κ2) is 5.23. The molecule has 0 fully saturated rings. The zero-order valence-corrected chi connectivity index (χ0v) is 9.02. The molecule has 0 saturated heterocycles. The summed E-state index contributed by atoms with van der Waals surface area (Å²) in [4.78, 5) is 0. The summed E-state index contributed by atoms with van der Waals surface area (Å²) >= 11 is 0. The van der Waals surface area contributed by atoms with Crippen molar-refractivity contribution in [1.29, 1.82) is 0 Å². The van der Waals surface area contributed by atoms with Gasteiger partial charge in [-0.05, 0) is 37.3 Å². The highest BCUT2D eigenvalue weighted by Crippen LogP contribution is 2.28. The Labute approximate surface area is 81.5 Å². The van der Waals surface area contributed by atoms with Crippen molar-refractivity contribution < 1.29 is 4.74 Å². The molecule has 0 aromatic rings. The van der Waals surface area contributed by atoms with Crippen molar-refractivity contribution in [2.24, 2.45) is 0 Å². The maximum atomic E-state index is 5.39. The Kier molecular flexibility index (Phi) is 4.23. The van der Waals surface area contributed by atoms with E-state index in [4.69, 9.17) is 4.74 Å². The van der Waals surface area contributed by atoms with Crippen molar-refractivity contribution in [3.8, 4) is 0 Å². The highest BCUT2D eigenvalue weighted by molar-refractivity contribution is 5.34. The fourth-order valence-electron chi connectivity index (χ4n) is 1.77. The van der Waals surface area contributed by atoms with Gasteiger partial charge in [0, 0.05) is 0 Å². The van der Waals surface area contributed by atoms with E-state index in [0.717, 1.165) is 19.6 Å². The van der Waals surface area contributed by atoms with Gasteiger partial charge in [0.25, 0.3) is 0 Å². The third-order valence-corrected chi connectivity index (χ3v) is 2.49. The van der Waals surface area contributed by atoms with Gasteiger partial charge in [-0.1, -0.05) is 25.5 Å². The average Bonchev–Trinajstić information content (AvgIpc) is 2.21. The van der Waals surface area contributed by atoms with E-state index in [0.29, 0.717) is 0 Å². The van der Waals surface area contributed by atoms with Crippen molar-refractivity contribution in [3.63, 3.8) is 0 Å². The van der Waals surface area contributed by atoms with Crippen molar-refractivity contribution >= 4 is 0 Å². The molecule has 0 bridgehead atoms. The molecule has 2 rings (SSSR count). The van der Waals surface area contributed by atoms with E-state index in [1.54, 1.807) is 11.1 Å². The van der Waals surface area contributed by atoms with Crippen LogP contribution in [0.5, 0.6) is 0 Å². The first kappa shape index (κ1) is 10.5. The van der Waals surface area contributed by atoms with Gasteiger partial charge in [0.15, 0.2) is 0 Å². The van der Waals surface area contributed by atoms with E-state index in [-0.39, 0.29) is 0 Å². The zero-order valence-electron chi connectivity index (χ0n) is 9.02. The van der Waals surface area contributed by atoms with Gasteiger partial charge in [-0.2, -0.15) is 0 Å². The maximum absolute atomic E-state index is 5.39. The molecule has 2 aliphatic rings. The lowest BCUT2D eigenvalue weighted by Crippen LogP contribution is -2.12. The molecule has 0 aromatic carbocycles. The minimum Gasteiger partial charge on any atom is -0.377 e. The van der Waals surface area contributed by atoms with E-state index in [1.807, 2.05) is 13.8 Å². The smallest absolute Gasteiger partial charge is 0.0682 e. The lowest BCUT2D eigenvalue weighted by Gasteiger charge is -2.23. The van der Waals surface area contributed by atoms with Gasteiger partial charge in [0.2, 0.25) is 0 Å². The predicted molar refractivity (Wildman–Crippen MR) is 56.8 cm³/mol. The molecule has 1 heterocycles.